The molecule has 0 saturated carbocycles. The van der Waals surface area contributed by atoms with Crippen LogP contribution in [0.2, 0.25) is 0 Å². The molecular weight excluding hydrogens is 429 g/mol. The first kappa shape index (κ1) is 22.0. The van der Waals surface area contributed by atoms with Crippen molar-refractivity contribution in [1.29, 1.82) is 0 Å². The summed E-state index contributed by atoms with van der Waals surface area (Å²) >= 11 is 0.967. The lowest BCUT2D eigenvalue weighted by Crippen LogP contribution is -2.18. The highest BCUT2D eigenvalue weighted by molar-refractivity contribution is 7.99. The molecule has 0 spiro atoms. The van der Waals surface area contributed by atoms with Gasteiger partial charge in [0.25, 0.3) is 5.22 Å². The van der Waals surface area contributed by atoms with Crippen molar-refractivity contribution in [3.05, 3.63) is 59.4 Å². The Kier molecular flexibility index (Phi) is 6.98. The van der Waals surface area contributed by atoms with Crippen molar-refractivity contribution < 1.29 is 32.7 Å². The average molecular weight is 445 g/mol. The third-order valence-corrected chi connectivity index (χ3v) is 4.76. The normalized spacial score (nSPS) is 10.4. The van der Waals surface area contributed by atoms with Gasteiger partial charge in [0.15, 0.2) is 0 Å². The Balaban J connectivity index is 1.68. The third kappa shape index (κ3) is 5.45. The van der Waals surface area contributed by atoms with Gasteiger partial charge in [-0.3, -0.25) is 4.79 Å². The molecule has 3 rings (SSSR count). The number of hydrogen-bond donors (Lipinski definition) is 1. The summed E-state index contributed by atoms with van der Waals surface area (Å²) < 4.78 is 27.8. The quantitative estimate of drug-likeness (QED) is 0.432. The zero-order valence-corrected chi connectivity index (χ0v) is 17.2. The van der Waals surface area contributed by atoms with Gasteiger partial charge in [-0.25, -0.2) is 14.0 Å². The zero-order valence-electron chi connectivity index (χ0n) is 16.4. The smallest absolute Gasteiger partial charge is 0.339 e. The van der Waals surface area contributed by atoms with Gasteiger partial charge in [-0.1, -0.05) is 11.8 Å². The number of carbonyl (C=O) groups is 3. The molecule has 9 nitrogen and oxygen atoms in total. The number of methoxy groups -OCH3 is 2. The van der Waals surface area contributed by atoms with E-state index >= 15 is 0 Å². The van der Waals surface area contributed by atoms with Gasteiger partial charge in [0.05, 0.1) is 36.8 Å². The molecule has 1 heterocycles. The van der Waals surface area contributed by atoms with Gasteiger partial charge in [-0.15, -0.1) is 10.2 Å². The van der Waals surface area contributed by atoms with E-state index in [4.69, 9.17) is 9.15 Å². The van der Waals surface area contributed by atoms with Crippen LogP contribution in [0.4, 0.5) is 10.1 Å². The Morgan fingerprint density at radius 3 is 2.42 bits per heavy atom. The van der Waals surface area contributed by atoms with E-state index in [2.05, 4.69) is 20.3 Å². The lowest BCUT2D eigenvalue weighted by atomic mass is 10.1. The molecule has 1 aromatic heterocycles. The first-order chi connectivity index (χ1) is 14.9. The van der Waals surface area contributed by atoms with Gasteiger partial charge in [0, 0.05) is 5.56 Å². The fraction of sp³-hybridized carbons (Fsp3) is 0.150. The van der Waals surface area contributed by atoms with Crippen molar-refractivity contribution >= 4 is 35.3 Å². The Morgan fingerprint density at radius 2 is 1.74 bits per heavy atom. The van der Waals surface area contributed by atoms with Crippen LogP contribution in [0.3, 0.4) is 0 Å². The van der Waals surface area contributed by atoms with Crippen LogP contribution in [0, 0.1) is 5.82 Å². The maximum absolute atomic E-state index is 13.0. The second-order valence-electron chi connectivity index (χ2n) is 5.96. The number of anilines is 1. The number of nitrogens with one attached hydrogen (secondary N) is 1. The number of esters is 2. The number of halogens is 1. The van der Waals surface area contributed by atoms with E-state index in [9.17, 15) is 18.8 Å². The van der Waals surface area contributed by atoms with E-state index in [1.807, 2.05) is 0 Å². The van der Waals surface area contributed by atoms with Crippen LogP contribution in [-0.4, -0.2) is 48.0 Å². The number of ether oxygens (including phenoxy) is 2. The van der Waals surface area contributed by atoms with Crippen LogP contribution in [0.15, 0.2) is 52.1 Å². The number of rotatable bonds is 7. The molecule has 1 amide bonds. The van der Waals surface area contributed by atoms with E-state index < -0.39 is 23.7 Å². The Labute approximate surface area is 179 Å². The van der Waals surface area contributed by atoms with Crippen LogP contribution in [-0.2, 0) is 14.3 Å². The molecule has 0 unspecified atom stereocenters. The Hall–Kier alpha value is -3.73. The number of thioether (sulfide) groups is 1. The summed E-state index contributed by atoms with van der Waals surface area (Å²) in [5, 5.41) is 10.4. The number of nitrogens with zero attached hydrogens (tertiary/aromatic N) is 2. The minimum Gasteiger partial charge on any atom is -0.465 e. The maximum Gasteiger partial charge on any atom is 0.339 e. The Bertz CT molecular complexity index is 1120. The summed E-state index contributed by atoms with van der Waals surface area (Å²) in [5.74, 6) is -2.12. The van der Waals surface area contributed by atoms with E-state index in [0.717, 1.165) is 11.8 Å². The van der Waals surface area contributed by atoms with Crippen LogP contribution < -0.4 is 5.32 Å². The number of benzene rings is 2. The molecule has 160 valence electrons. The monoisotopic (exact) mass is 445 g/mol. The molecule has 0 bridgehead atoms. The van der Waals surface area contributed by atoms with Crippen molar-refractivity contribution in [1.82, 2.24) is 10.2 Å². The van der Waals surface area contributed by atoms with Gasteiger partial charge < -0.3 is 19.2 Å². The largest absolute Gasteiger partial charge is 0.465 e. The third-order valence-electron chi connectivity index (χ3n) is 3.94. The molecule has 0 aliphatic heterocycles. The maximum atomic E-state index is 13.0. The topological polar surface area (TPSA) is 121 Å². The average Bonchev–Trinajstić information content (AvgIpc) is 3.26. The second-order valence-corrected chi connectivity index (χ2v) is 6.89. The molecule has 31 heavy (non-hydrogen) atoms. The molecule has 0 fully saturated rings. The van der Waals surface area contributed by atoms with Gasteiger partial charge in [0.2, 0.25) is 11.8 Å². The summed E-state index contributed by atoms with van der Waals surface area (Å²) in [6.07, 6.45) is 0. The first-order valence-corrected chi connectivity index (χ1v) is 9.72. The highest BCUT2D eigenvalue weighted by Crippen LogP contribution is 2.24. The molecule has 1 N–H and O–H groups in total. The fourth-order valence-corrected chi connectivity index (χ4v) is 3.03. The van der Waals surface area contributed by atoms with Crippen molar-refractivity contribution in [2.24, 2.45) is 0 Å². The van der Waals surface area contributed by atoms with Crippen molar-refractivity contribution in [2.75, 3.05) is 25.3 Å². The minimum atomic E-state index is -0.680. The molecule has 11 heteroatoms. The standard InChI is InChI=1S/C20H16FN3O6S/c1-28-18(26)12-5-8-14(19(27)29-2)15(9-12)22-16(25)10-31-20-24-23-17(30-20)11-3-6-13(21)7-4-11/h3-9H,10H2,1-2H3,(H,22,25). The number of hydrogen-bond acceptors (Lipinski definition) is 9. The van der Waals surface area contributed by atoms with E-state index in [1.54, 1.807) is 0 Å². The van der Waals surface area contributed by atoms with Gasteiger partial charge in [0.1, 0.15) is 5.82 Å². The molecule has 0 saturated heterocycles. The summed E-state index contributed by atoms with van der Waals surface area (Å²) in [4.78, 5) is 36.1. The van der Waals surface area contributed by atoms with Crippen LogP contribution >= 0.6 is 11.8 Å². The predicted octanol–water partition coefficient (Wildman–Crippen LogP) is 3.18. The molecule has 0 aliphatic rings. The summed E-state index contributed by atoms with van der Waals surface area (Å²) in [6, 6.07) is 9.58. The SMILES string of the molecule is COC(=O)c1ccc(C(=O)OC)c(NC(=O)CSc2nnc(-c3ccc(F)cc3)o2)c1. The van der Waals surface area contributed by atoms with Gasteiger partial charge in [-0.05, 0) is 42.5 Å². The highest BCUT2D eigenvalue weighted by Gasteiger charge is 2.18. The van der Waals surface area contributed by atoms with Crippen molar-refractivity contribution in [2.45, 2.75) is 5.22 Å². The van der Waals surface area contributed by atoms with Crippen LogP contribution in [0.25, 0.3) is 11.5 Å². The zero-order chi connectivity index (χ0) is 22.4. The molecular formula is C20H16FN3O6S. The number of amides is 1. The summed E-state index contributed by atoms with van der Waals surface area (Å²) in [7, 11) is 2.42. The van der Waals surface area contributed by atoms with E-state index in [1.165, 1.54) is 56.7 Å². The molecule has 2 aromatic carbocycles. The van der Waals surface area contributed by atoms with E-state index in [0.29, 0.717) is 5.56 Å². The molecule has 0 atom stereocenters. The van der Waals surface area contributed by atoms with Crippen LogP contribution in [0.5, 0.6) is 0 Å². The summed E-state index contributed by atoms with van der Waals surface area (Å²) in [5.41, 5.74) is 0.856. The lowest BCUT2D eigenvalue weighted by Gasteiger charge is -2.11. The van der Waals surface area contributed by atoms with Crippen molar-refractivity contribution in [3.63, 3.8) is 0 Å². The highest BCUT2D eigenvalue weighted by atomic mass is 32.2. The fourth-order valence-electron chi connectivity index (χ4n) is 2.47. The first-order valence-electron chi connectivity index (χ1n) is 8.74. The van der Waals surface area contributed by atoms with E-state index in [-0.39, 0.29) is 33.7 Å². The summed E-state index contributed by atoms with van der Waals surface area (Å²) in [6.45, 7) is 0. The second kappa shape index (κ2) is 9.85. The predicted molar refractivity (Wildman–Crippen MR) is 108 cm³/mol. The molecule has 3 aromatic rings. The van der Waals surface area contributed by atoms with Crippen molar-refractivity contribution in [3.8, 4) is 11.5 Å². The molecule has 0 aliphatic carbocycles. The number of carbonyl (C=O) groups excluding carboxylic acids is 3. The van der Waals surface area contributed by atoms with Gasteiger partial charge in [-0.2, -0.15) is 0 Å². The van der Waals surface area contributed by atoms with Crippen LogP contribution in [0.1, 0.15) is 20.7 Å². The molecule has 0 radical (unpaired) electrons. The number of aromatic nitrogens is 2. The minimum absolute atomic E-state index is 0.0740. The lowest BCUT2D eigenvalue weighted by molar-refractivity contribution is -0.113. The Morgan fingerprint density at radius 1 is 1.03 bits per heavy atom. The van der Waals surface area contributed by atoms with Gasteiger partial charge >= 0.3 is 11.9 Å².